The average molecular weight is 360 g/mol. The molecule has 0 amide bonds. The van der Waals surface area contributed by atoms with Crippen LogP contribution in [0.3, 0.4) is 0 Å². The first kappa shape index (κ1) is 22.8. The van der Waals surface area contributed by atoms with Crippen molar-refractivity contribution in [3.63, 3.8) is 0 Å². The zero-order valence-corrected chi connectivity index (χ0v) is 16.7. The Balaban J connectivity index is 0.000000450. The van der Waals surface area contributed by atoms with E-state index in [1.807, 2.05) is 6.92 Å². The van der Waals surface area contributed by atoms with E-state index >= 15 is 0 Å². The molecule has 0 aliphatic heterocycles. The van der Waals surface area contributed by atoms with Gasteiger partial charge in [0, 0.05) is 6.61 Å². The summed E-state index contributed by atoms with van der Waals surface area (Å²) in [4.78, 5) is 2.18. The number of aliphatic hydroxyl groups is 4. The van der Waals surface area contributed by atoms with Crippen LogP contribution in [-0.2, 0) is 0 Å². The summed E-state index contributed by atoms with van der Waals surface area (Å²) < 4.78 is 0. The van der Waals surface area contributed by atoms with Crippen LogP contribution >= 0.6 is 0 Å². The molecule has 4 N–H and O–H groups in total. The van der Waals surface area contributed by atoms with Gasteiger partial charge in [-0.15, -0.1) is 0 Å². The molecular formula is C20H41NO4. The van der Waals surface area contributed by atoms with Gasteiger partial charge < -0.3 is 25.3 Å². The van der Waals surface area contributed by atoms with Crippen molar-refractivity contribution in [2.24, 2.45) is 17.8 Å². The van der Waals surface area contributed by atoms with Gasteiger partial charge in [-0.2, -0.15) is 0 Å². The van der Waals surface area contributed by atoms with Crippen molar-refractivity contribution in [3.8, 4) is 0 Å². The van der Waals surface area contributed by atoms with Crippen molar-refractivity contribution in [3.05, 3.63) is 0 Å². The fourth-order valence-corrected chi connectivity index (χ4v) is 4.62. The van der Waals surface area contributed by atoms with Crippen molar-refractivity contribution in [2.75, 3.05) is 27.2 Å². The molecule has 4 unspecified atom stereocenters. The van der Waals surface area contributed by atoms with Gasteiger partial charge in [-0.05, 0) is 96.7 Å². The number of hydrogen-bond acceptors (Lipinski definition) is 5. The number of aliphatic hydroxyl groups excluding tert-OH is 3. The highest BCUT2D eigenvalue weighted by molar-refractivity contribution is 4.96. The van der Waals surface area contributed by atoms with E-state index in [1.54, 1.807) is 0 Å². The summed E-state index contributed by atoms with van der Waals surface area (Å²) in [5, 5.41) is 39.8. The van der Waals surface area contributed by atoms with Crippen molar-refractivity contribution >= 4 is 0 Å². The summed E-state index contributed by atoms with van der Waals surface area (Å²) >= 11 is 0. The second kappa shape index (κ2) is 10.8. The quantitative estimate of drug-likeness (QED) is 0.603. The second-order valence-corrected chi connectivity index (χ2v) is 8.55. The van der Waals surface area contributed by atoms with Crippen molar-refractivity contribution in [1.82, 2.24) is 4.90 Å². The zero-order valence-electron chi connectivity index (χ0n) is 16.7. The third kappa shape index (κ3) is 7.14. The molecule has 0 saturated heterocycles. The molecule has 2 aliphatic rings. The molecule has 0 bridgehead atoms. The standard InChI is InChI=1S/C15H28O4.C5H13N/c1-15(19,11-2-4-12(17)5-3-11)14-7-6-13(18)8-10(14)9-16;1-4-5-6(2)3/h10-14,16-19H,2-9H2,1H3;4-5H2,1-3H3. The summed E-state index contributed by atoms with van der Waals surface area (Å²) in [7, 11) is 4.17. The molecule has 0 heterocycles. The largest absolute Gasteiger partial charge is 0.396 e. The number of rotatable bonds is 5. The highest BCUT2D eigenvalue weighted by Gasteiger charge is 2.46. The maximum Gasteiger partial charge on any atom is 0.0679 e. The molecule has 2 fully saturated rings. The molecule has 2 rings (SSSR count). The van der Waals surface area contributed by atoms with E-state index in [0.717, 1.165) is 32.1 Å². The lowest BCUT2D eigenvalue weighted by Gasteiger charge is -2.47. The third-order valence-electron chi connectivity index (χ3n) is 6.13. The predicted molar refractivity (Wildman–Crippen MR) is 101 cm³/mol. The lowest BCUT2D eigenvalue weighted by atomic mass is 9.63. The lowest BCUT2D eigenvalue weighted by Crippen LogP contribution is -2.50. The molecule has 25 heavy (non-hydrogen) atoms. The smallest absolute Gasteiger partial charge is 0.0679 e. The summed E-state index contributed by atoms with van der Waals surface area (Å²) in [5.74, 6) is 0.247. The zero-order chi connectivity index (χ0) is 19.0. The predicted octanol–water partition coefficient (Wildman–Crippen LogP) is 2.02. The van der Waals surface area contributed by atoms with Crippen LogP contribution in [0.15, 0.2) is 0 Å². The van der Waals surface area contributed by atoms with Crippen LogP contribution in [0.1, 0.15) is 65.2 Å². The fraction of sp³-hybridized carbons (Fsp3) is 1.00. The Bertz CT molecular complexity index is 354. The van der Waals surface area contributed by atoms with Gasteiger partial charge in [-0.3, -0.25) is 0 Å². The summed E-state index contributed by atoms with van der Waals surface area (Å²) in [6.07, 6.45) is 6.02. The Morgan fingerprint density at radius 2 is 1.52 bits per heavy atom. The topological polar surface area (TPSA) is 84.2 Å². The molecule has 5 nitrogen and oxygen atoms in total. The van der Waals surface area contributed by atoms with E-state index in [-0.39, 0.29) is 36.6 Å². The average Bonchev–Trinajstić information content (AvgIpc) is 2.55. The van der Waals surface area contributed by atoms with E-state index in [1.165, 1.54) is 13.0 Å². The van der Waals surface area contributed by atoms with E-state index in [2.05, 4.69) is 25.9 Å². The van der Waals surface area contributed by atoms with Crippen LogP contribution in [0.25, 0.3) is 0 Å². The molecule has 2 aliphatic carbocycles. The normalized spacial score (nSPS) is 35.6. The SMILES string of the molecule is CC(O)(C1CCC(O)CC1)C1CCC(O)CC1CO.CCCN(C)C. The van der Waals surface area contributed by atoms with Gasteiger partial charge in [0.2, 0.25) is 0 Å². The Morgan fingerprint density at radius 1 is 0.960 bits per heavy atom. The third-order valence-corrected chi connectivity index (χ3v) is 6.13. The molecule has 0 radical (unpaired) electrons. The molecule has 4 atom stereocenters. The highest BCUT2D eigenvalue weighted by Crippen LogP contribution is 2.45. The summed E-state index contributed by atoms with van der Waals surface area (Å²) in [6, 6.07) is 0. The van der Waals surface area contributed by atoms with Gasteiger partial charge in [-0.1, -0.05) is 6.92 Å². The second-order valence-electron chi connectivity index (χ2n) is 8.55. The van der Waals surface area contributed by atoms with Gasteiger partial charge in [0.05, 0.1) is 17.8 Å². The molecule has 0 aromatic rings. The Labute approximate surface area is 154 Å². The number of nitrogens with zero attached hydrogens (tertiary/aromatic N) is 1. The van der Waals surface area contributed by atoms with E-state index in [9.17, 15) is 20.4 Å². The minimum atomic E-state index is -0.798. The van der Waals surface area contributed by atoms with E-state index in [0.29, 0.717) is 12.8 Å². The minimum Gasteiger partial charge on any atom is -0.396 e. The van der Waals surface area contributed by atoms with Gasteiger partial charge in [0.15, 0.2) is 0 Å². The van der Waals surface area contributed by atoms with Crippen LogP contribution in [0.4, 0.5) is 0 Å². The first-order valence-electron chi connectivity index (χ1n) is 10.1. The van der Waals surface area contributed by atoms with Crippen LogP contribution in [-0.4, -0.2) is 70.4 Å². The van der Waals surface area contributed by atoms with Crippen LogP contribution in [0.5, 0.6) is 0 Å². The molecule has 0 spiro atoms. The van der Waals surface area contributed by atoms with Crippen molar-refractivity contribution in [1.29, 1.82) is 0 Å². The Kier molecular flexibility index (Phi) is 9.89. The Morgan fingerprint density at radius 3 is 1.96 bits per heavy atom. The fourth-order valence-electron chi connectivity index (χ4n) is 4.62. The van der Waals surface area contributed by atoms with Crippen LogP contribution in [0.2, 0.25) is 0 Å². The summed E-state index contributed by atoms with van der Waals surface area (Å²) in [6.45, 7) is 5.31. The van der Waals surface area contributed by atoms with Gasteiger partial charge >= 0.3 is 0 Å². The Hall–Kier alpha value is -0.200. The van der Waals surface area contributed by atoms with Crippen molar-refractivity contribution < 1.29 is 20.4 Å². The maximum atomic E-state index is 11.0. The monoisotopic (exact) mass is 359 g/mol. The molecular weight excluding hydrogens is 318 g/mol. The van der Waals surface area contributed by atoms with Gasteiger partial charge in [-0.25, -0.2) is 0 Å². The number of hydrogen-bond donors (Lipinski definition) is 4. The van der Waals surface area contributed by atoms with Gasteiger partial charge in [0.1, 0.15) is 0 Å². The van der Waals surface area contributed by atoms with Crippen LogP contribution in [0, 0.1) is 17.8 Å². The van der Waals surface area contributed by atoms with Crippen molar-refractivity contribution in [2.45, 2.75) is 83.0 Å². The molecule has 0 aromatic carbocycles. The van der Waals surface area contributed by atoms with Crippen LogP contribution < -0.4 is 0 Å². The molecule has 5 heteroatoms. The van der Waals surface area contributed by atoms with E-state index < -0.39 is 5.60 Å². The summed E-state index contributed by atoms with van der Waals surface area (Å²) in [5.41, 5.74) is -0.798. The van der Waals surface area contributed by atoms with E-state index in [4.69, 9.17) is 0 Å². The lowest BCUT2D eigenvalue weighted by molar-refractivity contribution is -0.121. The minimum absolute atomic E-state index is 0.00870. The first-order chi connectivity index (χ1) is 11.7. The molecule has 2 saturated carbocycles. The highest BCUT2D eigenvalue weighted by atomic mass is 16.3. The molecule has 0 aromatic heterocycles. The van der Waals surface area contributed by atoms with Gasteiger partial charge in [0.25, 0.3) is 0 Å². The maximum absolute atomic E-state index is 11.0. The first-order valence-corrected chi connectivity index (χ1v) is 10.1. The molecule has 150 valence electrons.